The molecule has 5 rings (SSSR count). The Morgan fingerprint density at radius 2 is 1.57 bits per heavy atom. The molecule has 4 N–H and O–H groups in total. The quantitative estimate of drug-likeness (QED) is 0.414. The Hall–Kier alpha value is -0.750. The summed E-state index contributed by atoms with van der Waals surface area (Å²) in [5.74, 6) is 1.00. The Kier molecular flexibility index (Phi) is 5.49. The number of hydrogen-bond donors (Lipinski definition) is 4. The summed E-state index contributed by atoms with van der Waals surface area (Å²) in [5.41, 5.74) is -0.926. The lowest BCUT2D eigenvalue weighted by Crippen LogP contribution is -2.71. The standard InChI is InChI=1S/C30H48O5/c1-25(2)14-18-17-8-9-20-27(5)12-11-21(32)26(3,4)19(27)10-13-28(20,6)29(17,7)15-22(33)30(18,16-31)24(35)23(25)34/h8,18-20,22-24,31,33-35H,9-16H2,1-7H3/t18-,19-,20-,22-,23-,24+,27-,28-,29-,30+/m1/s1. The highest BCUT2D eigenvalue weighted by Gasteiger charge is 2.72. The van der Waals surface area contributed by atoms with Crippen LogP contribution in [0.4, 0.5) is 0 Å². The molecule has 35 heavy (non-hydrogen) atoms. The van der Waals surface area contributed by atoms with Crippen molar-refractivity contribution in [3.05, 3.63) is 11.6 Å². The monoisotopic (exact) mass is 488 g/mol. The van der Waals surface area contributed by atoms with E-state index in [0.717, 1.165) is 25.7 Å². The van der Waals surface area contributed by atoms with Crippen LogP contribution in [0.3, 0.4) is 0 Å². The van der Waals surface area contributed by atoms with Gasteiger partial charge >= 0.3 is 0 Å². The van der Waals surface area contributed by atoms with E-state index >= 15 is 0 Å². The first-order valence-electron chi connectivity index (χ1n) is 13.9. The van der Waals surface area contributed by atoms with E-state index in [9.17, 15) is 25.2 Å². The lowest BCUT2D eigenvalue weighted by atomic mass is 9.33. The average molecular weight is 489 g/mol. The summed E-state index contributed by atoms with van der Waals surface area (Å²) in [5, 5.41) is 44.7. The molecule has 10 atom stereocenters. The van der Waals surface area contributed by atoms with E-state index in [-0.39, 0.29) is 34.2 Å². The molecule has 0 aromatic heterocycles. The van der Waals surface area contributed by atoms with Gasteiger partial charge in [-0.15, -0.1) is 0 Å². The normalized spacial score (nSPS) is 54.6. The van der Waals surface area contributed by atoms with Crippen molar-refractivity contribution in [1.82, 2.24) is 0 Å². The molecule has 0 aliphatic heterocycles. The van der Waals surface area contributed by atoms with Crippen molar-refractivity contribution in [3.8, 4) is 0 Å². The lowest BCUT2D eigenvalue weighted by Gasteiger charge is -2.72. The molecule has 4 fully saturated rings. The van der Waals surface area contributed by atoms with Gasteiger partial charge in [0.1, 0.15) is 5.78 Å². The second-order valence-electron chi connectivity index (χ2n) is 15.1. The van der Waals surface area contributed by atoms with Gasteiger partial charge in [-0.25, -0.2) is 0 Å². The van der Waals surface area contributed by atoms with Crippen molar-refractivity contribution in [3.63, 3.8) is 0 Å². The van der Waals surface area contributed by atoms with E-state index in [1.165, 1.54) is 5.57 Å². The van der Waals surface area contributed by atoms with E-state index < -0.39 is 29.1 Å². The molecule has 0 amide bonds. The molecule has 0 radical (unpaired) electrons. The maximum absolute atomic E-state index is 12.9. The number of carbonyl (C=O) groups is 1. The van der Waals surface area contributed by atoms with Crippen LogP contribution in [0.2, 0.25) is 0 Å². The highest BCUT2D eigenvalue weighted by Crippen LogP contribution is 2.75. The number of aliphatic hydroxyl groups is 4. The van der Waals surface area contributed by atoms with Gasteiger partial charge in [0.15, 0.2) is 0 Å². The van der Waals surface area contributed by atoms with E-state index in [2.05, 4.69) is 40.7 Å². The zero-order valence-corrected chi connectivity index (χ0v) is 22.9. The summed E-state index contributed by atoms with van der Waals surface area (Å²) in [7, 11) is 0. The van der Waals surface area contributed by atoms with Crippen molar-refractivity contribution < 1.29 is 25.2 Å². The number of ketones is 1. The van der Waals surface area contributed by atoms with Crippen LogP contribution in [-0.4, -0.2) is 51.1 Å². The summed E-state index contributed by atoms with van der Waals surface area (Å²) in [6.45, 7) is 15.1. The minimum absolute atomic E-state index is 0.0491. The Morgan fingerprint density at radius 1 is 0.914 bits per heavy atom. The first kappa shape index (κ1) is 25.9. The maximum Gasteiger partial charge on any atom is 0.138 e. The van der Waals surface area contributed by atoms with Crippen LogP contribution < -0.4 is 0 Å². The molecular weight excluding hydrogens is 440 g/mol. The van der Waals surface area contributed by atoms with E-state index in [0.29, 0.717) is 36.9 Å². The summed E-state index contributed by atoms with van der Waals surface area (Å²) < 4.78 is 0. The van der Waals surface area contributed by atoms with Gasteiger partial charge in [0, 0.05) is 11.8 Å². The molecule has 5 aliphatic rings. The van der Waals surface area contributed by atoms with Crippen LogP contribution in [0, 0.1) is 50.2 Å². The van der Waals surface area contributed by atoms with Gasteiger partial charge in [0.05, 0.1) is 30.3 Å². The van der Waals surface area contributed by atoms with Crippen molar-refractivity contribution in [1.29, 1.82) is 0 Å². The SMILES string of the molecule is CC1(C)C[C@@H]2C3=CC[C@@H]4[C@]5(C)CCC(=O)C(C)(C)[C@H]5CC[C@@]4(C)[C@]3(C)C[C@@H](O)[C@@]2(CO)[C@@H](O)[C@H]1O. The molecule has 0 saturated heterocycles. The minimum atomic E-state index is -1.18. The Bertz CT molecular complexity index is 952. The van der Waals surface area contributed by atoms with Crippen molar-refractivity contribution in [2.45, 2.75) is 112 Å². The molecule has 0 heterocycles. The summed E-state index contributed by atoms with van der Waals surface area (Å²) in [6, 6.07) is 0. The Labute approximate surface area is 211 Å². The summed E-state index contributed by atoms with van der Waals surface area (Å²) in [6.07, 6.45) is 5.00. The van der Waals surface area contributed by atoms with Crippen LogP contribution in [0.15, 0.2) is 11.6 Å². The third-order valence-corrected chi connectivity index (χ3v) is 13.2. The molecule has 5 nitrogen and oxygen atoms in total. The molecule has 5 heteroatoms. The van der Waals surface area contributed by atoms with Gasteiger partial charge in [-0.3, -0.25) is 4.79 Å². The van der Waals surface area contributed by atoms with Gasteiger partial charge in [0.25, 0.3) is 0 Å². The molecular formula is C30H48O5. The number of rotatable bonds is 1. The van der Waals surface area contributed by atoms with Crippen LogP contribution in [0.1, 0.15) is 93.4 Å². The maximum atomic E-state index is 12.9. The molecule has 0 spiro atoms. The predicted octanol–water partition coefficient (Wildman–Crippen LogP) is 4.26. The zero-order chi connectivity index (χ0) is 26.0. The smallest absolute Gasteiger partial charge is 0.138 e. The number of hydrogen-bond acceptors (Lipinski definition) is 5. The predicted molar refractivity (Wildman–Crippen MR) is 135 cm³/mol. The molecule has 0 unspecified atom stereocenters. The Morgan fingerprint density at radius 3 is 2.20 bits per heavy atom. The molecule has 0 aromatic carbocycles. The fraction of sp³-hybridized carbons (Fsp3) is 0.900. The van der Waals surface area contributed by atoms with Gasteiger partial charge in [-0.2, -0.15) is 0 Å². The summed E-state index contributed by atoms with van der Waals surface area (Å²) >= 11 is 0. The highest BCUT2D eigenvalue weighted by molar-refractivity contribution is 5.85. The number of allylic oxidation sites excluding steroid dienone is 2. The number of Topliss-reactive ketones (excluding diaryl/α,β-unsaturated/α-hetero) is 1. The molecule has 0 bridgehead atoms. The highest BCUT2D eigenvalue weighted by atomic mass is 16.3. The van der Waals surface area contributed by atoms with Gasteiger partial charge in [-0.1, -0.05) is 60.1 Å². The molecule has 0 aromatic rings. The van der Waals surface area contributed by atoms with Gasteiger partial charge < -0.3 is 20.4 Å². The average Bonchev–Trinajstić information content (AvgIpc) is 2.76. The van der Waals surface area contributed by atoms with Crippen molar-refractivity contribution >= 4 is 5.78 Å². The van der Waals surface area contributed by atoms with Crippen molar-refractivity contribution in [2.24, 2.45) is 50.2 Å². The van der Waals surface area contributed by atoms with E-state index in [1.807, 2.05) is 13.8 Å². The number of fused-ring (bicyclic) bond motifs is 7. The minimum Gasteiger partial charge on any atom is -0.396 e. The van der Waals surface area contributed by atoms with E-state index in [1.54, 1.807) is 0 Å². The first-order chi connectivity index (χ1) is 16.0. The lowest BCUT2D eigenvalue weighted by molar-refractivity contribution is -0.253. The zero-order valence-electron chi connectivity index (χ0n) is 22.9. The fourth-order valence-electron chi connectivity index (χ4n) is 10.7. The van der Waals surface area contributed by atoms with Gasteiger partial charge in [0.2, 0.25) is 0 Å². The van der Waals surface area contributed by atoms with Crippen LogP contribution in [0.5, 0.6) is 0 Å². The van der Waals surface area contributed by atoms with Crippen LogP contribution in [-0.2, 0) is 4.79 Å². The number of carbonyl (C=O) groups excluding carboxylic acids is 1. The van der Waals surface area contributed by atoms with Crippen LogP contribution in [0.25, 0.3) is 0 Å². The molecule has 198 valence electrons. The second kappa shape index (κ2) is 7.42. The molecule has 4 saturated carbocycles. The van der Waals surface area contributed by atoms with Crippen LogP contribution >= 0.6 is 0 Å². The Balaban J connectivity index is 1.64. The first-order valence-corrected chi connectivity index (χ1v) is 13.9. The second-order valence-corrected chi connectivity index (χ2v) is 15.1. The molecule has 5 aliphatic carbocycles. The van der Waals surface area contributed by atoms with Crippen molar-refractivity contribution in [2.75, 3.05) is 6.61 Å². The third-order valence-electron chi connectivity index (χ3n) is 13.2. The third kappa shape index (κ3) is 2.88. The van der Waals surface area contributed by atoms with E-state index in [4.69, 9.17) is 0 Å². The topological polar surface area (TPSA) is 98.0 Å². The summed E-state index contributed by atoms with van der Waals surface area (Å²) in [4.78, 5) is 12.9. The van der Waals surface area contributed by atoms with Gasteiger partial charge in [-0.05, 0) is 77.9 Å². The fourth-order valence-corrected chi connectivity index (χ4v) is 10.7. The largest absolute Gasteiger partial charge is 0.396 e. The number of aliphatic hydroxyl groups excluding tert-OH is 4.